The minimum atomic E-state index is -0.325. The quantitative estimate of drug-likeness (QED) is 0.737. The Morgan fingerprint density at radius 2 is 1.94 bits per heavy atom. The van der Waals surface area contributed by atoms with E-state index in [1.807, 2.05) is 4.90 Å². The van der Waals surface area contributed by atoms with Gasteiger partial charge in [-0.05, 0) is 31.1 Å². The van der Waals surface area contributed by atoms with Crippen molar-refractivity contribution in [1.82, 2.24) is 4.90 Å². The van der Waals surface area contributed by atoms with Crippen molar-refractivity contribution in [2.45, 2.75) is 45.6 Å². The van der Waals surface area contributed by atoms with E-state index in [0.29, 0.717) is 18.4 Å². The number of aliphatic hydroxyl groups is 1. The predicted octanol–water partition coefficient (Wildman–Crippen LogP) is 1.65. The van der Waals surface area contributed by atoms with Crippen molar-refractivity contribution < 1.29 is 9.90 Å². The number of hydrogen-bond donors (Lipinski definition) is 1. The standard InChI is InChI=1S/C13H23NO2/c1-9-4-3-5-11(9)13(16)14-7-6-10(2)12(15)8-14/h9-12,15H,3-8H2,1-2H3. The predicted molar refractivity (Wildman–Crippen MR) is 62.9 cm³/mol. The molecule has 0 aromatic rings. The zero-order chi connectivity index (χ0) is 11.7. The molecule has 92 valence electrons. The summed E-state index contributed by atoms with van der Waals surface area (Å²) in [5.41, 5.74) is 0. The molecule has 4 atom stereocenters. The molecule has 0 bridgehead atoms. The Kier molecular flexibility index (Phi) is 3.53. The molecule has 2 rings (SSSR count). The summed E-state index contributed by atoms with van der Waals surface area (Å²) in [6.45, 7) is 5.62. The van der Waals surface area contributed by atoms with Gasteiger partial charge in [-0.3, -0.25) is 4.79 Å². The van der Waals surface area contributed by atoms with Crippen molar-refractivity contribution in [3.63, 3.8) is 0 Å². The van der Waals surface area contributed by atoms with Crippen LogP contribution in [-0.2, 0) is 4.79 Å². The summed E-state index contributed by atoms with van der Waals surface area (Å²) in [6.07, 6.45) is 4.03. The van der Waals surface area contributed by atoms with Crippen molar-refractivity contribution in [3.8, 4) is 0 Å². The van der Waals surface area contributed by atoms with E-state index in [1.54, 1.807) is 0 Å². The van der Waals surface area contributed by atoms with Gasteiger partial charge in [-0.25, -0.2) is 0 Å². The molecule has 3 nitrogen and oxygen atoms in total. The van der Waals surface area contributed by atoms with Crippen LogP contribution in [0, 0.1) is 17.8 Å². The van der Waals surface area contributed by atoms with Crippen LogP contribution in [0.1, 0.15) is 39.5 Å². The van der Waals surface area contributed by atoms with Crippen LogP contribution in [0.15, 0.2) is 0 Å². The highest BCUT2D eigenvalue weighted by molar-refractivity contribution is 5.79. The molecule has 1 saturated carbocycles. The van der Waals surface area contributed by atoms with E-state index >= 15 is 0 Å². The van der Waals surface area contributed by atoms with Gasteiger partial charge in [0.05, 0.1) is 6.10 Å². The molecule has 2 fully saturated rings. The van der Waals surface area contributed by atoms with Crippen LogP contribution in [-0.4, -0.2) is 35.1 Å². The van der Waals surface area contributed by atoms with E-state index in [4.69, 9.17) is 0 Å². The molecular weight excluding hydrogens is 202 g/mol. The highest BCUT2D eigenvalue weighted by Gasteiger charge is 2.35. The van der Waals surface area contributed by atoms with Gasteiger partial charge in [-0.2, -0.15) is 0 Å². The third kappa shape index (κ3) is 2.24. The van der Waals surface area contributed by atoms with E-state index in [-0.39, 0.29) is 17.9 Å². The lowest BCUT2D eigenvalue weighted by Crippen LogP contribution is -2.48. The Balaban J connectivity index is 1.95. The Morgan fingerprint density at radius 3 is 2.50 bits per heavy atom. The number of carbonyl (C=O) groups excluding carboxylic acids is 1. The maximum absolute atomic E-state index is 12.3. The molecule has 1 amide bonds. The average Bonchev–Trinajstić information content (AvgIpc) is 2.67. The summed E-state index contributed by atoms with van der Waals surface area (Å²) in [5.74, 6) is 1.38. The first kappa shape index (κ1) is 11.9. The first-order valence-corrected chi connectivity index (χ1v) is 6.56. The van der Waals surface area contributed by atoms with Crippen LogP contribution in [0.3, 0.4) is 0 Å². The van der Waals surface area contributed by atoms with Crippen LogP contribution >= 0.6 is 0 Å². The minimum Gasteiger partial charge on any atom is -0.391 e. The zero-order valence-corrected chi connectivity index (χ0v) is 10.4. The van der Waals surface area contributed by atoms with Crippen molar-refractivity contribution in [2.24, 2.45) is 17.8 Å². The smallest absolute Gasteiger partial charge is 0.226 e. The largest absolute Gasteiger partial charge is 0.391 e. The van der Waals surface area contributed by atoms with Crippen molar-refractivity contribution in [1.29, 1.82) is 0 Å². The maximum Gasteiger partial charge on any atom is 0.226 e. The second-order valence-corrected chi connectivity index (χ2v) is 5.63. The first-order chi connectivity index (χ1) is 7.59. The molecule has 2 aliphatic rings. The number of nitrogens with zero attached hydrogens (tertiary/aromatic N) is 1. The Morgan fingerprint density at radius 1 is 1.19 bits per heavy atom. The number of piperidine rings is 1. The third-order valence-electron chi connectivity index (χ3n) is 4.41. The van der Waals surface area contributed by atoms with Crippen LogP contribution in [0.4, 0.5) is 0 Å². The van der Waals surface area contributed by atoms with Gasteiger partial charge >= 0.3 is 0 Å². The van der Waals surface area contributed by atoms with E-state index < -0.39 is 0 Å². The average molecular weight is 225 g/mol. The van der Waals surface area contributed by atoms with E-state index in [1.165, 1.54) is 12.8 Å². The van der Waals surface area contributed by atoms with Crippen LogP contribution in [0.2, 0.25) is 0 Å². The molecule has 4 unspecified atom stereocenters. The Hall–Kier alpha value is -0.570. The van der Waals surface area contributed by atoms with Crippen LogP contribution < -0.4 is 0 Å². The maximum atomic E-state index is 12.3. The van der Waals surface area contributed by atoms with Gasteiger partial charge in [-0.1, -0.05) is 20.3 Å². The van der Waals surface area contributed by atoms with Gasteiger partial charge in [0.15, 0.2) is 0 Å². The highest BCUT2D eigenvalue weighted by atomic mass is 16.3. The molecule has 1 heterocycles. The normalized spacial score (nSPS) is 40.1. The van der Waals surface area contributed by atoms with Gasteiger partial charge in [0, 0.05) is 19.0 Å². The van der Waals surface area contributed by atoms with E-state index in [0.717, 1.165) is 19.4 Å². The summed E-state index contributed by atoms with van der Waals surface area (Å²) >= 11 is 0. The number of hydrogen-bond acceptors (Lipinski definition) is 2. The summed E-state index contributed by atoms with van der Waals surface area (Å²) in [6, 6.07) is 0. The lowest BCUT2D eigenvalue weighted by atomic mass is 9.92. The Labute approximate surface area is 97.8 Å². The summed E-state index contributed by atoms with van der Waals surface area (Å²) in [5, 5.41) is 9.81. The molecule has 0 aromatic carbocycles. The number of amides is 1. The number of aliphatic hydroxyl groups excluding tert-OH is 1. The molecule has 0 radical (unpaired) electrons. The fraction of sp³-hybridized carbons (Fsp3) is 0.923. The molecule has 0 spiro atoms. The monoisotopic (exact) mass is 225 g/mol. The molecule has 3 heteroatoms. The fourth-order valence-electron chi connectivity index (χ4n) is 3.00. The van der Waals surface area contributed by atoms with E-state index in [9.17, 15) is 9.90 Å². The summed E-state index contributed by atoms with van der Waals surface area (Å²) in [7, 11) is 0. The molecule has 1 saturated heterocycles. The lowest BCUT2D eigenvalue weighted by molar-refractivity contribution is -0.140. The van der Waals surface area contributed by atoms with Crippen molar-refractivity contribution in [3.05, 3.63) is 0 Å². The van der Waals surface area contributed by atoms with Crippen LogP contribution in [0.5, 0.6) is 0 Å². The van der Waals surface area contributed by atoms with Gasteiger partial charge in [0.2, 0.25) is 5.91 Å². The number of β-amino-alcohol motifs (C(OH)–C–C–N with tert-alkyl or cyclic N) is 1. The number of rotatable bonds is 1. The molecule has 0 aromatic heterocycles. The summed E-state index contributed by atoms with van der Waals surface area (Å²) in [4.78, 5) is 14.2. The summed E-state index contributed by atoms with van der Waals surface area (Å²) < 4.78 is 0. The first-order valence-electron chi connectivity index (χ1n) is 6.56. The lowest BCUT2D eigenvalue weighted by Gasteiger charge is -2.36. The third-order valence-corrected chi connectivity index (χ3v) is 4.41. The van der Waals surface area contributed by atoms with Crippen molar-refractivity contribution >= 4 is 5.91 Å². The second kappa shape index (κ2) is 4.74. The van der Waals surface area contributed by atoms with Gasteiger partial charge < -0.3 is 10.0 Å². The number of carbonyl (C=O) groups is 1. The minimum absolute atomic E-state index is 0.223. The molecule has 16 heavy (non-hydrogen) atoms. The van der Waals surface area contributed by atoms with Crippen LogP contribution in [0.25, 0.3) is 0 Å². The molecular formula is C13H23NO2. The molecule has 1 aliphatic heterocycles. The van der Waals surface area contributed by atoms with E-state index in [2.05, 4.69) is 13.8 Å². The fourth-order valence-corrected chi connectivity index (χ4v) is 3.00. The zero-order valence-electron chi connectivity index (χ0n) is 10.4. The topological polar surface area (TPSA) is 40.5 Å². The Bertz CT molecular complexity index is 267. The molecule has 1 N–H and O–H groups in total. The van der Waals surface area contributed by atoms with Crippen molar-refractivity contribution in [2.75, 3.05) is 13.1 Å². The second-order valence-electron chi connectivity index (χ2n) is 5.63. The highest BCUT2D eigenvalue weighted by Crippen LogP contribution is 2.33. The molecule has 1 aliphatic carbocycles. The number of likely N-dealkylation sites (tertiary alicyclic amines) is 1. The van der Waals surface area contributed by atoms with Gasteiger partial charge in [0.25, 0.3) is 0 Å². The van der Waals surface area contributed by atoms with Gasteiger partial charge in [-0.15, -0.1) is 0 Å². The SMILES string of the molecule is CC1CCN(C(=O)C2CCCC2C)CC1O. The van der Waals surface area contributed by atoms with Gasteiger partial charge in [0.1, 0.15) is 0 Å².